The predicted molar refractivity (Wildman–Crippen MR) is 135 cm³/mol. The molecule has 0 spiro atoms. The van der Waals surface area contributed by atoms with Crippen LogP contribution in [0.5, 0.6) is 0 Å². The molecule has 0 heterocycles. The smallest absolute Gasteiger partial charge is 0.326 e. The van der Waals surface area contributed by atoms with E-state index in [4.69, 9.17) is 22.9 Å². The normalized spacial score (nSPS) is 15.1. The Bertz CT molecular complexity index is 721. The molecule has 0 rings (SSSR count). The van der Waals surface area contributed by atoms with Gasteiger partial charge in [-0.1, -0.05) is 26.7 Å². The molecule has 0 saturated carbocycles. The Kier molecular flexibility index (Phi) is 17.1. The minimum Gasteiger partial charge on any atom is -0.480 e. The largest absolute Gasteiger partial charge is 0.480 e. The van der Waals surface area contributed by atoms with E-state index in [9.17, 15) is 29.1 Å². The summed E-state index contributed by atoms with van der Waals surface area (Å²) >= 11 is 0. The molecular formula is C23H45N7O6. The Balaban J connectivity index is 5.50. The highest BCUT2D eigenvalue weighted by atomic mass is 16.4. The zero-order valence-electron chi connectivity index (χ0n) is 21.5. The summed E-state index contributed by atoms with van der Waals surface area (Å²) in [5.74, 6) is -4.13. The molecule has 13 heteroatoms. The van der Waals surface area contributed by atoms with Crippen molar-refractivity contribution in [2.75, 3.05) is 13.1 Å². The molecule has 0 fully saturated rings. The average Bonchev–Trinajstić information content (AvgIpc) is 2.83. The number of carbonyl (C=O) groups excluding carboxylic acids is 4. The highest BCUT2D eigenvalue weighted by Crippen LogP contribution is 2.11. The molecule has 208 valence electrons. The second-order valence-electron chi connectivity index (χ2n) is 9.01. The van der Waals surface area contributed by atoms with Gasteiger partial charge in [-0.25, -0.2) is 4.79 Å². The quantitative estimate of drug-likeness (QED) is 0.0870. The third-order valence-corrected chi connectivity index (χ3v) is 5.97. The molecule has 0 aromatic heterocycles. The first-order valence-electron chi connectivity index (χ1n) is 12.6. The number of amides is 4. The van der Waals surface area contributed by atoms with Crippen molar-refractivity contribution >= 4 is 29.6 Å². The molecule has 13 nitrogen and oxygen atoms in total. The van der Waals surface area contributed by atoms with Crippen molar-refractivity contribution in [3.05, 3.63) is 0 Å². The SMILES string of the molecule is CCC(C)C(NC(=O)C(CCC(N)=O)NC(=O)C(N)CCCCN)C(=O)NC(CCCCN)C(=O)O. The van der Waals surface area contributed by atoms with Crippen molar-refractivity contribution in [3.63, 3.8) is 0 Å². The lowest BCUT2D eigenvalue weighted by atomic mass is 9.96. The molecule has 0 radical (unpaired) electrons. The van der Waals surface area contributed by atoms with Gasteiger partial charge in [0.25, 0.3) is 0 Å². The van der Waals surface area contributed by atoms with Crippen LogP contribution in [0.4, 0.5) is 0 Å². The second kappa shape index (κ2) is 18.5. The van der Waals surface area contributed by atoms with E-state index >= 15 is 0 Å². The molecule has 0 saturated heterocycles. The van der Waals surface area contributed by atoms with Crippen LogP contribution >= 0.6 is 0 Å². The summed E-state index contributed by atoms with van der Waals surface area (Å²) in [5, 5.41) is 17.1. The number of hydrogen-bond donors (Lipinski definition) is 8. The van der Waals surface area contributed by atoms with Gasteiger partial charge < -0.3 is 44.0 Å². The van der Waals surface area contributed by atoms with Gasteiger partial charge in [-0.05, 0) is 57.5 Å². The first-order valence-corrected chi connectivity index (χ1v) is 12.6. The van der Waals surface area contributed by atoms with Crippen LogP contribution in [0.1, 0.15) is 71.6 Å². The first kappa shape index (κ1) is 33.2. The van der Waals surface area contributed by atoms with Gasteiger partial charge in [0, 0.05) is 6.42 Å². The minimum atomic E-state index is -1.19. The summed E-state index contributed by atoms with van der Waals surface area (Å²) in [5.41, 5.74) is 22.0. The van der Waals surface area contributed by atoms with Gasteiger partial charge in [0.05, 0.1) is 6.04 Å². The number of carbonyl (C=O) groups is 5. The molecule has 0 aromatic rings. The Morgan fingerprint density at radius 1 is 0.778 bits per heavy atom. The van der Waals surface area contributed by atoms with Gasteiger partial charge in [-0.3, -0.25) is 19.2 Å². The summed E-state index contributed by atoms with van der Waals surface area (Å²) in [6.45, 7) is 4.42. The first-order chi connectivity index (χ1) is 17.0. The Labute approximate surface area is 212 Å². The molecule has 5 atom stereocenters. The lowest BCUT2D eigenvalue weighted by Gasteiger charge is -2.28. The standard InChI is InChI=1S/C23H45N7O6/c1-3-14(2)19(22(34)29-17(23(35)36)9-5-7-13-25)30-21(33)16(10-11-18(27)31)28-20(32)15(26)8-4-6-12-24/h14-17,19H,3-13,24-26H2,1-2H3,(H2,27,31)(H,28,32)(H,29,34)(H,30,33)(H,35,36). The minimum absolute atomic E-state index is 0.0892. The number of hydrogen-bond acceptors (Lipinski definition) is 8. The predicted octanol–water partition coefficient (Wildman–Crippen LogP) is -1.58. The van der Waals surface area contributed by atoms with E-state index in [1.165, 1.54) is 0 Å². The van der Waals surface area contributed by atoms with Gasteiger partial charge in [0.1, 0.15) is 18.1 Å². The van der Waals surface area contributed by atoms with Crippen LogP contribution in [0.25, 0.3) is 0 Å². The zero-order valence-corrected chi connectivity index (χ0v) is 21.5. The van der Waals surface area contributed by atoms with Crippen molar-refractivity contribution < 1.29 is 29.1 Å². The van der Waals surface area contributed by atoms with E-state index in [0.29, 0.717) is 51.6 Å². The Hall–Kier alpha value is -2.77. The fraction of sp³-hybridized carbons (Fsp3) is 0.783. The number of carboxylic acid groups (broad SMARTS) is 1. The van der Waals surface area contributed by atoms with Crippen LogP contribution in [0.2, 0.25) is 0 Å². The van der Waals surface area contributed by atoms with Crippen LogP contribution in [0.15, 0.2) is 0 Å². The topological polar surface area (TPSA) is 246 Å². The van der Waals surface area contributed by atoms with Gasteiger partial charge in [0.15, 0.2) is 0 Å². The molecule has 0 aliphatic rings. The Morgan fingerprint density at radius 2 is 1.33 bits per heavy atom. The highest BCUT2D eigenvalue weighted by Gasteiger charge is 2.32. The van der Waals surface area contributed by atoms with Gasteiger partial charge in [-0.2, -0.15) is 0 Å². The van der Waals surface area contributed by atoms with E-state index in [2.05, 4.69) is 16.0 Å². The number of carboxylic acids is 1. The fourth-order valence-corrected chi connectivity index (χ4v) is 3.44. The van der Waals surface area contributed by atoms with E-state index < -0.39 is 53.8 Å². The maximum atomic E-state index is 13.1. The highest BCUT2D eigenvalue weighted by molar-refractivity contribution is 5.94. The molecule has 0 aliphatic carbocycles. The van der Waals surface area contributed by atoms with E-state index in [-0.39, 0.29) is 25.2 Å². The number of nitrogens with one attached hydrogen (secondary N) is 3. The molecule has 0 aliphatic heterocycles. The molecule has 0 aromatic carbocycles. The third kappa shape index (κ3) is 13.4. The molecule has 12 N–H and O–H groups in total. The fourth-order valence-electron chi connectivity index (χ4n) is 3.44. The Morgan fingerprint density at radius 3 is 1.83 bits per heavy atom. The van der Waals surface area contributed by atoms with Crippen molar-refractivity contribution in [1.82, 2.24) is 16.0 Å². The van der Waals surface area contributed by atoms with Crippen LogP contribution in [0.3, 0.4) is 0 Å². The van der Waals surface area contributed by atoms with Gasteiger partial charge >= 0.3 is 5.97 Å². The molecule has 36 heavy (non-hydrogen) atoms. The van der Waals surface area contributed by atoms with E-state index in [1.807, 2.05) is 6.92 Å². The van der Waals surface area contributed by atoms with Crippen LogP contribution in [-0.4, -0.2) is 72.0 Å². The van der Waals surface area contributed by atoms with E-state index in [1.54, 1.807) is 6.92 Å². The molecule has 5 unspecified atom stereocenters. The summed E-state index contributed by atoms with van der Waals surface area (Å²) < 4.78 is 0. The molecule has 4 amide bonds. The second-order valence-corrected chi connectivity index (χ2v) is 9.01. The van der Waals surface area contributed by atoms with Crippen molar-refractivity contribution in [2.45, 2.75) is 95.8 Å². The summed E-state index contributed by atoms with van der Waals surface area (Å²) in [7, 11) is 0. The number of primary amides is 1. The maximum Gasteiger partial charge on any atom is 0.326 e. The summed E-state index contributed by atoms with van der Waals surface area (Å²) in [4.78, 5) is 61.5. The maximum absolute atomic E-state index is 13.1. The lowest BCUT2D eigenvalue weighted by molar-refractivity contribution is -0.143. The van der Waals surface area contributed by atoms with Gasteiger partial charge in [0.2, 0.25) is 23.6 Å². The van der Waals surface area contributed by atoms with Crippen molar-refractivity contribution in [2.24, 2.45) is 28.9 Å². The number of nitrogens with two attached hydrogens (primary N) is 4. The number of rotatable bonds is 20. The third-order valence-electron chi connectivity index (χ3n) is 5.97. The molecule has 0 bridgehead atoms. The monoisotopic (exact) mass is 515 g/mol. The molecular weight excluding hydrogens is 470 g/mol. The van der Waals surface area contributed by atoms with Crippen LogP contribution < -0.4 is 38.9 Å². The number of unbranched alkanes of at least 4 members (excludes halogenated alkanes) is 2. The van der Waals surface area contributed by atoms with E-state index in [0.717, 1.165) is 0 Å². The van der Waals surface area contributed by atoms with Crippen molar-refractivity contribution in [1.29, 1.82) is 0 Å². The zero-order chi connectivity index (χ0) is 27.7. The number of aliphatic carboxylic acids is 1. The average molecular weight is 516 g/mol. The van der Waals surface area contributed by atoms with Crippen LogP contribution in [-0.2, 0) is 24.0 Å². The van der Waals surface area contributed by atoms with Gasteiger partial charge in [-0.15, -0.1) is 0 Å². The lowest BCUT2D eigenvalue weighted by Crippen LogP contribution is -2.58. The summed E-state index contributed by atoms with van der Waals surface area (Å²) in [6.07, 6.45) is 3.26. The van der Waals surface area contributed by atoms with Crippen LogP contribution in [0, 0.1) is 5.92 Å². The summed E-state index contributed by atoms with van der Waals surface area (Å²) in [6, 6.07) is -4.24. The van der Waals surface area contributed by atoms with Crippen molar-refractivity contribution in [3.8, 4) is 0 Å².